The molecule has 2 aromatic rings. The van der Waals surface area contributed by atoms with E-state index in [0.29, 0.717) is 18.3 Å². The molecule has 6 nitrogen and oxygen atoms in total. The highest BCUT2D eigenvalue weighted by molar-refractivity contribution is 9.10. The van der Waals surface area contributed by atoms with Crippen molar-refractivity contribution in [3.8, 4) is 0 Å². The Labute approximate surface area is 131 Å². The van der Waals surface area contributed by atoms with Gasteiger partial charge < -0.3 is 10.2 Å². The minimum Gasteiger partial charge on any atom is -0.336 e. The van der Waals surface area contributed by atoms with Crippen LogP contribution in [-0.2, 0) is 6.54 Å². The van der Waals surface area contributed by atoms with E-state index in [-0.39, 0.29) is 5.91 Å². The van der Waals surface area contributed by atoms with E-state index in [9.17, 15) is 4.79 Å². The van der Waals surface area contributed by atoms with Gasteiger partial charge in [0.25, 0.3) is 5.91 Å². The summed E-state index contributed by atoms with van der Waals surface area (Å²) in [6.07, 6.45) is 1.73. The molecule has 1 aliphatic heterocycles. The van der Waals surface area contributed by atoms with E-state index < -0.39 is 0 Å². The predicted molar refractivity (Wildman–Crippen MR) is 81.9 cm³/mol. The summed E-state index contributed by atoms with van der Waals surface area (Å²) in [6.45, 7) is 2.30. The Balaban J connectivity index is 1.67. The van der Waals surface area contributed by atoms with Gasteiger partial charge in [-0.1, -0.05) is 33.3 Å². The fourth-order valence-electron chi connectivity index (χ4n) is 2.19. The highest BCUT2D eigenvalue weighted by Gasteiger charge is 2.22. The standard InChI is InChI=1S/C14H16BrN5O/c1-19(8-10-3-2-4-11(15)5-10)14(21)13-9-20(18-17-13)12-6-16-7-12/h2-5,9,12,16H,6-8H2,1H3. The summed E-state index contributed by atoms with van der Waals surface area (Å²) in [5.41, 5.74) is 1.45. The number of hydrogen-bond acceptors (Lipinski definition) is 4. The van der Waals surface area contributed by atoms with E-state index in [1.807, 2.05) is 24.3 Å². The first-order valence-corrected chi connectivity index (χ1v) is 7.55. The van der Waals surface area contributed by atoms with Gasteiger partial charge in [0.1, 0.15) is 0 Å². The molecule has 1 aliphatic rings. The van der Waals surface area contributed by atoms with E-state index in [4.69, 9.17) is 0 Å². The smallest absolute Gasteiger partial charge is 0.276 e. The summed E-state index contributed by atoms with van der Waals surface area (Å²) in [6, 6.07) is 8.22. The van der Waals surface area contributed by atoms with Crippen LogP contribution in [0.3, 0.4) is 0 Å². The molecule has 0 radical (unpaired) electrons. The van der Waals surface area contributed by atoms with Crippen LogP contribution >= 0.6 is 15.9 Å². The average molecular weight is 350 g/mol. The monoisotopic (exact) mass is 349 g/mol. The summed E-state index contributed by atoms with van der Waals surface area (Å²) < 4.78 is 2.76. The number of nitrogens with one attached hydrogen (secondary N) is 1. The highest BCUT2D eigenvalue weighted by atomic mass is 79.9. The van der Waals surface area contributed by atoms with E-state index in [1.165, 1.54) is 0 Å². The van der Waals surface area contributed by atoms with Crippen LogP contribution in [0.15, 0.2) is 34.9 Å². The molecule has 7 heteroatoms. The van der Waals surface area contributed by atoms with Crippen molar-refractivity contribution < 1.29 is 4.79 Å². The number of carbonyl (C=O) groups is 1. The maximum absolute atomic E-state index is 12.4. The predicted octanol–water partition coefficient (Wildman–Crippen LogP) is 1.46. The van der Waals surface area contributed by atoms with Gasteiger partial charge in [0.2, 0.25) is 0 Å². The molecule has 0 unspecified atom stereocenters. The fourth-order valence-corrected chi connectivity index (χ4v) is 2.64. The molecule has 2 heterocycles. The summed E-state index contributed by atoms with van der Waals surface area (Å²) in [4.78, 5) is 14.0. The summed E-state index contributed by atoms with van der Waals surface area (Å²) >= 11 is 3.43. The van der Waals surface area contributed by atoms with E-state index >= 15 is 0 Å². The number of halogens is 1. The molecule has 110 valence electrons. The number of aromatic nitrogens is 3. The molecule has 1 amide bonds. The van der Waals surface area contributed by atoms with Gasteiger partial charge >= 0.3 is 0 Å². The van der Waals surface area contributed by atoms with Crippen LogP contribution in [0.2, 0.25) is 0 Å². The Hall–Kier alpha value is -1.73. The number of hydrogen-bond donors (Lipinski definition) is 1. The van der Waals surface area contributed by atoms with Gasteiger partial charge in [-0.05, 0) is 17.7 Å². The molecule has 1 fully saturated rings. The van der Waals surface area contributed by atoms with Gasteiger partial charge in [0.05, 0.1) is 12.2 Å². The minimum absolute atomic E-state index is 0.117. The van der Waals surface area contributed by atoms with Crippen LogP contribution in [0, 0.1) is 0 Å². The second kappa shape index (κ2) is 5.95. The molecule has 0 atom stereocenters. The number of benzene rings is 1. The van der Waals surface area contributed by atoms with Gasteiger partial charge in [-0.15, -0.1) is 5.10 Å². The largest absolute Gasteiger partial charge is 0.336 e. The molecule has 0 saturated carbocycles. The number of carbonyl (C=O) groups excluding carboxylic acids is 1. The van der Waals surface area contributed by atoms with Crippen molar-refractivity contribution in [2.75, 3.05) is 20.1 Å². The Bertz CT molecular complexity index is 652. The van der Waals surface area contributed by atoms with Gasteiger partial charge in [-0.3, -0.25) is 4.79 Å². The normalized spacial score (nSPS) is 14.8. The van der Waals surface area contributed by atoms with Gasteiger partial charge in [-0.2, -0.15) is 0 Å². The molecule has 1 aromatic heterocycles. The van der Waals surface area contributed by atoms with Crippen molar-refractivity contribution in [2.24, 2.45) is 0 Å². The third kappa shape index (κ3) is 3.14. The first kappa shape index (κ1) is 14.2. The van der Waals surface area contributed by atoms with Crippen molar-refractivity contribution in [1.29, 1.82) is 0 Å². The molecule has 0 bridgehead atoms. The second-order valence-corrected chi connectivity index (χ2v) is 6.10. The maximum Gasteiger partial charge on any atom is 0.276 e. The van der Waals surface area contributed by atoms with Crippen LogP contribution in [-0.4, -0.2) is 45.9 Å². The van der Waals surface area contributed by atoms with Crippen LogP contribution in [0.25, 0.3) is 0 Å². The van der Waals surface area contributed by atoms with Crippen LogP contribution in [0.4, 0.5) is 0 Å². The SMILES string of the molecule is CN(Cc1cccc(Br)c1)C(=O)c1cn(C2CNC2)nn1. The zero-order chi connectivity index (χ0) is 14.8. The molecule has 3 rings (SSSR count). The maximum atomic E-state index is 12.4. The number of rotatable bonds is 4. The van der Waals surface area contributed by atoms with Crippen molar-refractivity contribution in [3.63, 3.8) is 0 Å². The summed E-state index contributed by atoms with van der Waals surface area (Å²) in [5.74, 6) is -0.117. The topological polar surface area (TPSA) is 63.1 Å². The lowest BCUT2D eigenvalue weighted by atomic mass is 10.2. The van der Waals surface area contributed by atoms with Crippen molar-refractivity contribution in [1.82, 2.24) is 25.2 Å². The molecule has 21 heavy (non-hydrogen) atoms. The molecular weight excluding hydrogens is 334 g/mol. The Morgan fingerprint density at radius 3 is 3.00 bits per heavy atom. The zero-order valence-corrected chi connectivity index (χ0v) is 13.2. The zero-order valence-electron chi connectivity index (χ0n) is 11.7. The fraction of sp³-hybridized carbons (Fsp3) is 0.357. The van der Waals surface area contributed by atoms with Crippen LogP contribution in [0.5, 0.6) is 0 Å². The summed E-state index contributed by atoms with van der Waals surface area (Å²) in [5, 5.41) is 11.2. The minimum atomic E-state index is -0.117. The molecular formula is C14H16BrN5O. The molecule has 1 N–H and O–H groups in total. The summed E-state index contributed by atoms with van der Waals surface area (Å²) in [7, 11) is 1.77. The lowest BCUT2D eigenvalue weighted by molar-refractivity contribution is 0.0779. The van der Waals surface area contributed by atoms with Gasteiger partial charge in [0.15, 0.2) is 5.69 Å². The Morgan fingerprint density at radius 2 is 2.33 bits per heavy atom. The number of nitrogens with zero attached hydrogens (tertiary/aromatic N) is 4. The lowest BCUT2D eigenvalue weighted by Crippen LogP contribution is -2.43. The average Bonchev–Trinajstić information content (AvgIpc) is 2.85. The first-order chi connectivity index (χ1) is 10.1. The van der Waals surface area contributed by atoms with Crippen LogP contribution in [0.1, 0.15) is 22.1 Å². The molecule has 1 saturated heterocycles. The third-order valence-electron chi connectivity index (χ3n) is 3.52. The van der Waals surface area contributed by atoms with Crippen LogP contribution < -0.4 is 5.32 Å². The van der Waals surface area contributed by atoms with Crippen molar-refractivity contribution in [3.05, 3.63) is 46.2 Å². The van der Waals surface area contributed by atoms with E-state index in [0.717, 1.165) is 23.1 Å². The quantitative estimate of drug-likeness (QED) is 0.907. The second-order valence-electron chi connectivity index (χ2n) is 5.19. The van der Waals surface area contributed by atoms with Gasteiger partial charge in [0, 0.05) is 31.2 Å². The van der Waals surface area contributed by atoms with Crippen molar-refractivity contribution >= 4 is 21.8 Å². The van der Waals surface area contributed by atoms with E-state index in [1.54, 1.807) is 22.8 Å². The van der Waals surface area contributed by atoms with E-state index in [2.05, 4.69) is 31.6 Å². The van der Waals surface area contributed by atoms with Crippen molar-refractivity contribution in [2.45, 2.75) is 12.6 Å². The molecule has 1 aromatic carbocycles. The lowest BCUT2D eigenvalue weighted by Gasteiger charge is -2.26. The molecule has 0 aliphatic carbocycles. The molecule has 0 spiro atoms. The first-order valence-electron chi connectivity index (χ1n) is 6.76. The third-order valence-corrected chi connectivity index (χ3v) is 4.01. The highest BCUT2D eigenvalue weighted by Crippen LogP contribution is 2.14. The van der Waals surface area contributed by atoms with Gasteiger partial charge in [-0.25, -0.2) is 4.68 Å². The Morgan fingerprint density at radius 1 is 1.52 bits per heavy atom. The number of amides is 1. The Kier molecular flexibility index (Phi) is 4.03.